The van der Waals surface area contributed by atoms with Gasteiger partial charge in [0.2, 0.25) is 0 Å². The Morgan fingerprint density at radius 2 is 2.06 bits per heavy atom. The molecule has 1 aliphatic rings. The minimum absolute atomic E-state index is 0.0199. The van der Waals surface area contributed by atoms with Crippen LogP contribution in [0.5, 0.6) is 0 Å². The van der Waals surface area contributed by atoms with E-state index in [1.807, 2.05) is 32.9 Å². The van der Waals surface area contributed by atoms with E-state index in [0.717, 1.165) is 16.9 Å². The van der Waals surface area contributed by atoms with E-state index in [9.17, 15) is 10.1 Å². The van der Waals surface area contributed by atoms with Crippen LogP contribution in [0, 0.1) is 11.3 Å². The summed E-state index contributed by atoms with van der Waals surface area (Å²) in [6.45, 7) is 9.31. The molecule has 1 saturated heterocycles. The van der Waals surface area contributed by atoms with Crippen LogP contribution in [0.3, 0.4) is 0 Å². The number of rotatable bonds is 2. The average molecular weight is 498 g/mol. The van der Waals surface area contributed by atoms with Gasteiger partial charge in [-0.3, -0.25) is 0 Å². The Hall–Kier alpha value is -3.19. The van der Waals surface area contributed by atoms with E-state index in [2.05, 4.69) is 48.9 Å². The second-order valence-electron chi connectivity index (χ2n) is 8.73. The minimum atomic E-state index is -0.529. The summed E-state index contributed by atoms with van der Waals surface area (Å²) in [6.07, 6.45) is 1.21. The number of carbonyl (C=O) groups excluding carboxylic acids is 1. The fourth-order valence-electron chi connectivity index (χ4n) is 3.77. The fourth-order valence-corrected chi connectivity index (χ4v) is 4.28. The smallest absolute Gasteiger partial charge is 0.410 e. The van der Waals surface area contributed by atoms with Crippen LogP contribution in [0.4, 0.5) is 10.6 Å². The van der Waals surface area contributed by atoms with Crippen molar-refractivity contribution < 1.29 is 9.53 Å². The monoisotopic (exact) mass is 497 g/mol. The van der Waals surface area contributed by atoms with Gasteiger partial charge in [-0.25, -0.2) is 19.4 Å². The summed E-state index contributed by atoms with van der Waals surface area (Å²) in [5, 5.41) is 14.6. The number of fused-ring (bicyclic) bond motifs is 1. The number of nitrogens with zero attached hydrogens (tertiary/aromatic N) is 7. The second kappa shape index (κ2) is 8.39. The number of amides is 1. The van der Waals surface area contributed by atoms with Gasteiger partial charge in [-0.15, -0.1) is 0 Å². The summed E-state index contributed by atoms with van der Waals surface area (Å²) in [6, 6.07) is 9.38. The van der Waals surface area contributed by atoms with Crippen LogP contribution < -0.4 is 4.90 Å². The van der Waals surface area contributed by atoms with Gasteiger partial charge in [-0.1, -0.05) is 6.07 Å². The van der Waals surface area contributed by atoms with Gasteiger partial charge < -0.3 is 14.5 Å². The highest BCUT2D eigenvalue weighted by atomic mass is 79.9. The molecule has 4 rings (SSSR count). The zero-order valence-electron chi connectivity index (χ0n) is 18.4. The summed E-state index contributed by atoms with van der Waals surface area (Å²) < 4.78 is 7.85. The van der Waals surface area contributed by atoms with Crippen molar-refractivity contribution in [2.75, 3.05) is 24.5 Å². The lowest BCUT2D eigenvalue weighted by atomic mass is 10.1. The first-order chi connectivity index (χ1) is 15.2. The second-order valence-corrected chi connectivity index (χ2v) is 9.48. The molecule has 0 spiro atoms. The third-order valence-electron chi connectivity index (χ3n) is 5.17. The summed E-state index contributed by atoms with van der Waals surface area (Å²) in [7, 11) is 0. The van der Waals surface area contributed by atoms with Crippen molar-refractivity contribution >= 4 is 38.9 Å². The molecule has 0 unspecified atom stereocenters. The van der Waals surface area contributed by atoms with Crippen molar-refractivity contribution in [3.8, 4) is 11.8 Å². The van der Waals surface area contributed by atoms with Crippen LogP contribution in [0.1, 0.15) is 33.3 Å². The number of hydrogen-bond acceptors (Lipinski definition) is 7. The number of benzene rings is 1. The van der Waals surface area contributed by atoms with E-state index in [1.54, 1.807) is 21.7 Å². The predicted molar refractivity (Wildman–Crippen MR) is 124 cm³/mol. The van der Waals surface area contributed by atoms with Crippen LogP contribution in [0.2, 0.25) is 0 Å². The molecule has 32 heavy (non-hydrogen) atoms. The Balaban J connectivity index is 1.65. The topological polar surface area (TPSA) is 100 Å². The molecule has 2 aromatic heterocycles. The van der Waals surface area contributed by atoms with Crippen molar-refractivity contribution in [1.29, 1.82) is 5.26 Å². The highest BCUT2D eigenvalue weighted by Gasteiger charge is 2.32. The standard InChI is InChI=1S/C22H24BrN7O2/c1-14-12-28(21(31)32-22(2,3)4)8-9-29(14)19-17-18(23)27-30(20(17)26-13-25-19)16-7-5-6-15(10-16)11-24/h5-7,10,13-14H,8-9,12H2,1-4H3/t14-/m0/s1. The summed E-state index contributed by atoms with van der Waals surface area (Å²) in [5.74, 6) is 0.751. The zero-order chi connectivity index (χ0) is 23.0. The first-order valence-electron chi connectivity index (χ1n) is 10.3. The van der Waals surface area contributed by atoms with Crippen LogP contribution in [0.15, 0.2) is 35.2 Å². The molecule has 1 amide bonds. The number of piperazine rings is 1. The van der Waals surface area contributed by atoms with Gasteiger partial charge in [-0.2, -0.15) is 10.4 Å². The first-order valence-corrected chi connectivity index (χ1v) is 11.1. The Labute approximate surface area is 194 Å². The molecule has 3 heterocycles. The van der Waals surface area contributed by atoms with Crippen LogP contribution in [-0.2, 0) is 4.74 Å². The van der Waals surface area contributed by atoms with Crippen LogP contribution in [-0.4, -0.2) is 62.0 Å². The molecule has 0 N–H and O–H groups in total. The number of hydrogen-bond donors (Lipinski definition) is 0. The van der Waals surface area contributed by atoms with Crippen molar-refractivity contribution in [2.24, 2.45) is 0 Å². The lowest BCUT2D eigenvalue weighted by Gasteiger charge is -2.40. The lowest BCUT2D eigenvalue weighted by Crippen LogP contribution is -2.54. The minimum Gasteiger partial charge on any atom is -0.444 e. The number of halogens is 1. The zero-order valence-corrected chi connectivity index (χ0v) is 20.0. The van der Waals surface area contributed by atoms with E-state index in [1.165, 1.54) is 6.33 Å². The van der Waals surface area contributed by atoms with Crippen molar-refractivity contribution in [3.05, 3.63) is 40.8 Å². The number of nitriles is 1. The van der Waals surface area contributed by atoms with Gasteiger partial charge in [-0.05, 0) is 61.8 Å². The molecule has 9 nitrogen and oxygen atoms in total. The number of anilines is 1. The molecule has 0 aliphatic carbocycles. The molecule has 0 saturated carbocycles. The molecule has 10 heteroatoms. The third-order valence-corrected chi connectivity index (χ3v) is 5.73. The van der Waals surface area contributed by atoms with Crippen molar-refractivity contribution in [3.63, 3.8) is 0 Å². The Kier molecular flexibility index (Phi) is 5.77. The number of ether oxygens (including phenoxy) is 1. The molecule has 1 aromatic carbocycles. The summed E-state index contributed by atoms with van der Waals surface area (Å²) >= 11 is 3.57. The predicted octanol–water partition coefficient (Wildman–Crippen LogP) is 3.90. The first kappa shape index (κ1) is 22.0. The van der Waals surface area contributed by atoms with E-state index < -0.39 is 5.60 Å². The molecule has 0 bridgehead atoms. The molecule has 0 radical (unpaired) electrons. The van der Waals surface area contributed by atoms with E-state index in [4.69, 9.17) is 4.74 Å². The molecule has 1 atom stereocenters. The summed E-state index contributed by atoms with van der Waals surface area (Å²) in [5.41, 5.74) is 1.40. The largest absolute Gasteiger partial charge is 0.444 e. The maximum absolute atomic E-state index is 12.5. The highest BCUT2D eigenvalue weighted by Crippen LogP contribution is 2.33. The van der Waals surface area contributed by atoms with E-state index in [0.29, 0.717) is 35.4 Å². The average Bonchev–Trinajstić information content (AvgIpc) is 3.09. The highest BCUT2D eigenvalue weighted by molar-refractivity contribution is 9.10. The fraction of sp³-hybridized carbons (Fsp3) is 0.409. The van der Waals surface area contributed by atoms with Gasteiger partial charge in [0.05, 0.1) is 22.7 Å². The number of aromatic nitrogens is 4. The van der Waals surface area contributed by atoms with E-state index in [-0.39, 0.29) is 12.1 Å². The molecule has 1 aliphatic heterocycles. The molecular formula is C22H24BrN7O2. The van der Waals surface area contributed by atoms with Gasteiger partial charge in [0.1, 0.15) is 22.3 Å². The van der Waals surface area contributed by atoms with Gasteiger partial charge in [0.25, 0.3) is 0 Å². The quantitative estimate of drug-likeness (QED) is 0.529. The third kappa shape index (κ3) is 4.25. The maximum atomic E-state index is 12.5. The molecule has 166 valence electrons. The Morgan fingerprint density at radius 3 is 2.75 bits per heavy atom. The van der Waals surface area contributed by atoms with Gasteiger partial charge in [0, 0.05) is 25.7 Å². The molecule has 3 aromatic rings. The maximum Gasteiger partial charge on any atom is 0.410 e. The SMILES string of the molecule is C[C@H]1CN(C(=O)OC(C)(C)C)CCN1c1ncnc2c1c(Br)nn2-c1cccc(C#N)c1. The summed E-state index contributed by atoms with van der Waals surface area (Å²) in [4.78, 5) is 25.4. The van der Waals surface area contributed by atoms with Gasteiger partial charge >= 0.3 is 6.09 Å². The lowest BCUT2D eigenvalue weighted by molar-refractivity contribution is 0.0218. The Bertz CT molecular complexity index is 1210. The van der Waals surface area contributed by atoms with Crippen LogP contribution >= 0.6 is 15.9 Å². The van der Waals surface area contributed by atoms with Gasteiger partial charge in [0.15, 0.2) is 5.65 Å². The van der Waals surface area contributed by atoms with Crippen LogP contribution in [0.25, 0.3) is 16.7 Å². The van der Waals surface area contributed by atoms with Crippen molar-refractivity contribution in [2.45, 2.75) is 39.3 Å². The number of carbonyl (C=O) groups is 1. The normalized spacial score (nSPS) is 16.8. The Morgan fingerprint density at radius 1 is 1.28 bits per heavy atom. The molecule has 1 fully saturated rings. The van der Waals surface area contributed by atoms with Crippen molar-refractivity contribution in [1.82, 2.24) is 24.6 Å². The molecular weight excluding hydrogens is 474 g/mol. The van der Waals surface area contributed by atoms with E-state index >= 15 is 0 Å².